The molecule has 150 valence electrons. The molecule has 5 rings (SSSR count). The van der Waals surface area contributed by atoms with Gasteiger partial charge in [-0.25, -0.2) is 0 Å². The molecule has 0 unspecified atom stereocenters. The van der Waals surface area contributed by atoms with Crippen LogP contribution in [0.25, 0.3) is 11.4 Å². The highest BCUT2D eigenvalue weighted by Crippen LogP contribution is 2.36. The molecule has 2 aliphatic rings. The molecule has 1 fully saturated rings. The first kappa shape index (κ1) is 19.2. The molecule has 0 spiro atoms. The number of piperidine rings is 1. The van der Waals surface area contributed by atoms with E-state index in [-0.39, 0.29) is 0 Å². The summed E-state index contributed by atoms with van der Waals surface area (Å²) in [7, 11) is 0. The van der Waals surface area contributed by atoms with Crippen LogP contribution < -0.4 is 0 Å². The van der Waals surface area contributed by atoms with Crippen LogP contribution >= 0.6 is 23.4 Å². The molecule has 0 radical (unpaired) electrons. The predicted octanol–water partition coefficient (Wildman–Crippen LogP) is 5.13. The van der Waals surface area contributed by atoms with E-state index in [4.69, 9.17) is 11.6 Å². The van der Waals surface area contributed by atoms with Gasteiger partial charge in [-0.05, 0) is 56.1 Å². The van der Waals surface area contributed by atoms with E-state index in [1.54, 1.807) is 0 Å². The van der Waals surface area contributed by atoms with Gasteiger partial charge < -0.3 is 9.47 Å². The van der Waals surface area contributed by atoms with Crippen LogP contribution in [0.2, 0.25) is 5.02 Å². The summed E-state index contributed by atoms with van der Waals surface area (Å²) in [6.45, 7) is 4.36. The normalized spacial score (nSPS) is 17.6. The number of hydrogen-bond donors (Lipinski definition) is 0. The summed E-state index contributed by atoms with van der Waals surface area (Å²) >= 11 is 7.92. The topological polar surface area (TPSA) is 34.0 Å². The third-order valence-electron chi connectivity index (χ3n) is 6.06. The van der Waals surface area contributed by atoms with Gasteiger partial charge in [0.1, 0.15) is 5.82 Å². The Labute approximate surface area is 181 Å². The molecule has 0 saturated carbocycles. The van der Waals surface area contributed by atoms with Gasteiger partial charge in [-0.15, -0.1) is 22.0 Å². The fourth-order valence-electron chi connectivity index (χ4n) is 4.41. The summed E-state index contributed by atoms with van der Waals surface area (Å²) in [5.41, 5.74) is 2.59. The molecule has 0 bridgehead atoms. The fraction of sp³-hybridized carbons (Fsp3) is 0.391. The Morgan fingerprint density at radius 3 is 2.59 bits per heavy atom. The molecule has 2 aromatic carbocycles. The van der Waals surface area contributed by atoms with E-state index in [1.165, 1.54) is 21.8 Å². The van der Waals surface area contributed by atoms with E-state index in [1.807, 2.05) is 23.9 Å². The van der Waals surface area contributed by atoms with Gasteiger partial charge in [-0.3, -0.25) is 0 Å². The smallest absolute Gasteiger partial charge is 0.165 e. The lowest BCUT2D eigenvalue weighted by Gasteiger charge is -2.31. The van der Waals surface area contributed by atoms with E-state index in [2.05, 4.69) is 56.1 Å². The number of hydrogen-bond acceptors (Lipinski definition) is 4. The van der Waals surface area contributed by atoms with Crippen LogP contribution in [-0.2, 0) is 13.0 Å². The van der Waals surface area contributed by atoms with Crippen LogP contribution in [0.4, 0.5) is 0 Å². The van der Waals surface area contributed by atoms with Crippen LogP contribution in [-0.4, -0.2) is 45.1 Å². The molecule has 0 amide bonds. The summed E-state index contributed by atoms with van der Waals surface area (Å²) in [6, 6.07) is 16.8. The zero-order chi connectivity index (χ0) is 19.6. The zero-order valence-electron chi connectivity index (χ0n) is 16.4. The molecule has 1 saturated heterocycles. The highest BCUT2D eigenvalue weighted by atomic mass is 35.5. The van der Waals surface area contributed by atoms with Gasteiger partial charge in [0.05, 0.1) is 0 Å². The summed E-state index contributed by atoms with van der Waals surface area (Å²) in [5, 5.41) is 10.1. The summed E-state index contributed by atoms with van der Waals surface area (Å²) in [4.78, 5) is 3.90. The maximum atomic E-state index is 5.99. The van der Waals surface area contributed by atoms with Crippen LogP contribution in [0, 0.1) is 0 Å². The second-order valence-electron chi connectivity index (χ2n) is 7.87. The number of likely N-dealkylation sites (tertiary alicyclic amines) is 1. The van der Waals surface area contributed by atoms with E-state index in [9.17, 15) is 0 Å². The number of halogens is 1. The Kier molecular flexibility index (Phi) is 5.62. The highest BCUT2D eigenvalue weighted by Gasteiger charge is 2.28. The maximum absolute atomic E-state index is 5.99. The lowest BCUT2D eigenvalue weighted by Crippen LogP contribution is -2.35. The second kappa shape index (κ2) is 8.50. The van der Waals surface area contributed by atoms with Crippen molar-refractivity contribution in [2.75, 3.05) is 25.4 Å². The van der Waals surface area contributed by atoms with Crippen LogP contribution in [0.15, 0.2) is 53.4 Å². The minimum absolute atomic E-state index is 0.512. The molecule has 2 aliphatic heterocycles. The number of nitrogens with zero attached hydrogens (tertiary/aromatic N) is 4. The van der Waals surface area contributed by atoms with Crippen molar-refractivity contribution in [1.82, 2.24) is 19.7 Å². The quantitative estimate of drug-likeness (QED) is 0.581. The third kappa shape index (κ3) is 4.09. The number of fused-ring (bicyclic) bond motifs is 3. The molecular formula is C23H25ClN4S. The molecule has 29 heavy (non-hydrogen) atoms. The maximum Gasteiger partial charge on any atom is 0.165 e. The van der Waals surface area contributed by atoms with Crippen molar-refractivity contribution >= 4 is 23.4 Å². The van der Waals surface area contributed by atoms with Crippen LogP contribution in [0.3, 0.4) is 0 Å². The van der Waals surface area contributed by atoms with Crippen molar-refractivity contribution in [2.24, 2.45) is 0 Å². The monoisotopic (exact) mass is 424 g/mol. The first-order valence-corrected chi connectivity index (χ1v) is 11.8. The molecule has 4 nitrogen and oxygen atoms in total. The van der Waals surface area contributed by atoms with E-state index in [0.717, 1.165) is 62.0 Å². The van der Waals surface area contributed by atoms with E-state index < -0.39 is 0 Å². The number of rotatable bonds is 4. The van der Waals surface area contributed by atoms with Crippen LogP contribution in [0.1, 0.15) is 30.1 Å². The molecule has 3 heterocycles. The predicted molar refractivity (Wildman–Crippen MR) is 120 cm³/mol. The number of aromatic nitrogens is 3. The Hall–Kier alpha value is -1.82. The Bertz CT molecular complexity index is 977. The molecule has 6 heteroatoms. The molecule has 3 aromatic rings. The van der Waals surface area contributed by atoms with Crippen molar-refractivity contribution in [2.45, 2.75) is 36.6 Å². The molecule has 0 N–H and O–H groups in total. The molecule has 0 atom stereocenters. The number of thioether (sulfide) groups is 1. The second-order valence-corrected chi connectivity index (χ2v) is 9.44. The third-order valence-corrected chi connectivity index (χ3v) is 7.37. The minimum Gasteiger partial charge on any atom is -0.310 e. The van der Waals surface area contributed by atoms with E-state index >= 15 is 0 Å². The molecular weight excluding hydrogens is 400 g/mol. The SMILES string of the molecule is Clc1ccc(CCN2CCC(c3nnc4n3CCSc3ccccc3-4)CC2)cc1. The van der Waals surface area contributed by atoms with Crippen molar-refractivity contribution in [3.05, 3.63) is 64.9 Å². The Morgan fingerprint density at radius 1 is 0.966 bits per heavy atom. The Morgan fingerprint density at radius 2 is 1.76 bits per heavy atom. The van der Waals surface area contributed by atoms with Gasteiger partial charge in [0.25, 0.3) is 0 Å². The molecule has 1 aromatic heterocycles. The first-order valence-electron chi connectivity index (χ1n) is 10.4. The standard InChI is InChI=1S/C23H25ClN4S/c24-19-7-5-17(6-8-19)9-12-27-13-10-18(11-14-27)22-25-26-23-20-3-1-2-4-21(20)29-16-15-28(22)23/h1-8,18H,9-16H2. The largest absolute Gasteiger partial charge is 0.310 e. The van der Waals surface area contributed by atoms with Gasteiger partial charge in [0, 0.05) is 40.2 Å². The van der Waals surface area contributed by atoms with Gasteiger partial charge in [0.15, 0.2) is 5.82 Å². The van der Waals surface area contributed by atoms with Crippen molar-refractivity contribution < 1.29 is 0 Å². The average Bonchev–Trinajstić information content (AvgIpc) is 3.09. The number of benzene rings is 2. The summed E-state index contributed by atoms with van der Waals surface area (Å²) < 4.78 is 2.38. The van der Waals surface area contributed by atoms with Crippen LogP contribution in [0.5, 0.6) is 0 Å². The summed E-state index contributed by atoms with van der Waals surface area (Å²) in [6.07, 6.45) is 3.40. The fourth-order valence-corrected chi connectivity index (χ4v) is 5.52. The van der Waals surface area contributed by atoms with Gasteiger partial charge in [-0.2, -0.15) is 0 Å². The minimum atomic E-state index is 0.512. The zero-order valence-corrected chi connectivity index (χ0v) is 18.0. The van der Waals surface area contributed by atoms with Gasteiger partial charge in [-0.1, -0.05) is 41.9 Å². The Balaban J connectivity index is 1.24. The van der Waals surface area contributed by atoms with Crippen molar-refractivity contribution in [3.63, 3.8) is 0 Å². The van der Waals surface area contributed by atoms with E-state index in [0.29, 0.717) is 5.92 Å². The highest BCUT2D eigenvalue weighted by molar-refractivity contribution is 7.99. The first-order chi connectivity index (χ1) is 14.3. The van der Waals surface area contributed by atoms with Gasteiger partial charge >= 0.3 is 0 Å². The summed E-state index contributed by atoms with van der Waals surface area (Å²) in [5.74, 6) is 3.83. The lowest BCUT2D eigenvalue weighted by molar-refractivity contribution is 0.210. The lowest BCUT2D eigenvalue weighted by atomic mass is 9.95. The van der Waals surface area contributed by atoms with Gasteiger partial charge in [0.2, 0.25) is 0 Å². The van der Waals surface area contributed by atoms with Crippen molar-refractivity contribution in [1.29, 1.82) is 0 Å². The molecule has 0 aliphatic carbocycles. The van der Waals surface area contributed by atoms with Crippen molar-refractivity contribution in [3.8, 4) is 11.4 Å². The average molecular weight is 425 g/mol.